The average Bonchev–Trinajstić information content (AvgIpc) is 2.94. The smallest absolute Gasteiger partial charge is 0.288 e. The van der Waals surface area contributed by atoms with Crippen molar-refractivity contribution in [1.82, 2.24) is 20.2 Å². The number of carbonyl (C=O) groups excluding carboxylic acids is 1. The molecule has 6 nitrogen and oxygen atoms in total. The summed E-state index contributed by atoms with van der Waals surface area (Å²) in [4.78, 5) is 18.4. The van der Waals surface area contributed by atoms with Crippen LogP contribution in [-0.4, -0.2) is 26.1 Å². The van der Waals surface area contributed by atoms with Gasteiger partial charge in [0, 0.05) is 5.92 Å². The number of carbonyl (C=O) groups is 1. The van der Waals surface area contributed by atoms with E-state index in [2.05, 4.69) is 25.5 Å². The van der Waals surface area contributed by atoms with Crippen molar-refractivity contribution in [1.29, 1.82) is 0 Å². The normalized spacial score (nSPS) is 15.8. The summed E-state index contributed by atoms with van der Waals surface area (Å²) in [6.07, 6.45) is -1.51. The molecule has 2 aromatic heterocycles. The molecule has 0 aromatic carbocycles. The van der Waals surface area contributed by atoms with E-state index in [-0.39, 0.29) is 11.9 Å². The van der Waals surface area contributed by atoms with E-state index in [1.54, 1.807) is 0 Å². The maximum atomic E-state index is 12.7. The second-order valence-corrected chi connectivity index (χ2v) is 5.51. The van der Waals surface area contributed by atoms with Crippen LogP contribution in [0.1, 0.15) is 46.4 Å². The highest BCUT2D eigenvalue weighted by Gasteiger charge is 2.38. The van der Waals surface area contributed by atoms with Crippen LogP contribution >= 0.6 is 11.3 Å². The van der Waals surface area contributed by atoms with Gasteiger partial charge in [0.25, 0.3) is 5.91 Å². The van der Waals surface area contributed by atoms with Crippen LogP contribution in [0.15, 0.2) is 5.51 Å². The second-order valence-electron chi connectivity index (χ2n) is 4.65. The molecule has 10 heteroatoms. The monoisotopic (exact) mass is 317 g/mol. The van der Waals surface area contributed by atoms with Crippen LogP contribution < -0.4 is 5.32 Å². The van der Waals surface area contributed by atoms with Crippen LogP contribution in [0, 0.1) is 0 Å². The summed E-state index contributed by atoms with van der Waals surface area (Å²) in [6.45, 7) is 0. The Morgan fingerprint density at radius 1 is 1.43 bits per heavy atom. The van der Waals surface area contributed by atoms with Crippen molar-refractivity contribution in [2.45, 2.75) is 31.4 Å². The van der Waals surface area contributed by atoms with Crippen molar-refractivity contribution in [3.63, 3.8) is 0 Å². The van der Waals surface area contributed by atoms with Crippen LogP contribution in [0.5, 0.6) is 0 Å². The largest absolute Gasteiger partial charge is 0.427 e. The van der Waals surface area contributed by atoms with Crippen LogP contribution in [0.3, 0.4) is 0 Å². The molecule has 0 aliphatic heterocycles. The van der Waals surface area contributed by atoms with Crippen LogP contribution in [0.25, 0.3) is 0 Å². The topological polar surface area (TPSA) is 83.6 Å². The quantitative estimate of drug-likeness (QED) is 0.912. The maximum Gasteiger partial charge on any atom is 0.427 e. The van der Waals surface area contributed by atoms with Gasteiger partial charge in [0.2, 0.25) is 5.95 Å². The summed E-state index contributed by atoms with van der Waals surface area (Å²) < 4.78 is 38.1. The van der Waals surface area contributed by atoms with Crippen LogP contribution in [0.2, 0.25) is 0 Å². The van der Waals surface area contributed by atoms with E-state index in [4.69, 9.17) is 0 Å². The minimum absolute atomic E-state index is 0.0389. The lowest BCUT2D eigenvalue weighted by atomic mass is 9.85. The van der Waals surface area contributed by atoms with E-state index in [1.165, 1.54) is 0 Å². The maximum absolute atomic E-state index is 12.7. The molecule has 1 fully saturated rings. The summed E-state index contributed by atoms with van der Waals surface area (Å²) in [5.74, 6) is -0.0789. The molecule has 2 N–H and O–H groups in total. The van der Waals surface area contributed by atoms with Crippen molar-refractivity contribution in [3.05, 3.63) is 21.9 Å². The number of H-pyrrole nitrogens is 1. The number of nitrogens with one attached hydrogen (secondary N) is 2. The van der Waals surface area contributed by atoms with Gasteiger partial charge in [0.15, 0.2) is 5.69 Å². The van der Waals surface area contributed by atoms with Gasteiger partial charge < -0.3 is 0 Å². The number of anilines is 1. The predicted octanol–water partition coefficient (Wildman–Crippen LogP) is 2.80. The van der Waals surface area contributed by atoms with Crippen molar-refractivity contribution in [2.24, 2.45) is 0 Å². The standard InChI is InChI=1S/C11H10F3N5OS/c12-11(13,14)7-6(15-4-21-7)9(20)17-10-16-8(18-19-10)5-2-1-3-5/h4-5H,1-3H2,(H2,16,17,18,19,20). The van der Waals surface area contributed by atoms with E-state index in [0.717, 1.165) is 24.8 Å². The fourth-order valence-corrected chi connectivity index (χ4v) is 2.62. The second kappa shape index (κ2) is 5.10. The molecule has 0 radical (unpaired) electrons. The molecule has 2 aromatic rings. The Kier molecular flexibility index (Phi) is 3.40. The molecule has 1 aliphatic rings. The first kappa shape index (κ1) is 14.0. The highest BCUT2D eigenvalue weighted by molar-refractivity contribution is 7.10. The lowest BCUT2D eigenvalue weighted by Crippen LogP contribution is -2.18. The third-order valence-electron chi connectivity index (χ3n) is 3.26. The summed E-state index contributed by atoms with van der Waals surface area (Å²) in [5.41, 5.74) is 0.317. The molecule has 3 rings (SSSR count). The zero-order valence-corrected chi connectivity index (χ0v) is 11.4. The zero-order chi connectivity index (χ0) is 15.0. The molecule has 0 bridgehead atoms. The van der Waals surface area contributed by atoms with Gasteiger partial charge in [-0.15, -0.1) is 16.4 Å². The first-order valence-electron chi connectivity index (χ1n) is 6.19. The fraction of sp³-hybridized carbons (Fsp3) is 0.455. The molecule has 0 unspecified atom stereocenters. The Balaban J connectivity index is 1.74. The molecule has 21 heavy (non-hydrogen) atoms. The summed E-state index contributed by atoms with van der Waals surface area (Å²) in [5, 5.41) is 8.71. The molecule has 0 saturated heterocycles. The zero-order valence-electron chi connectivity index (χ0n) is 10.6. The van der Waals surface area contributed by atoms with Crippen LogP contribution in [0.4, 0.5) is 19.1 Å². The molecule has 112 valence electrons. The van der Waals surface area contributed by atoms with Gasteiger partial charge in [0.1, 0.15) is 10.7 Å². The molecular weight excluding hydrogens is 307 g/mol. The number of hydrogen-bond donors (Lipinski definition) is 2. The number of rotatable bonds is 3. The summed E-state index contributed by atoms with van der Waals surface area (Å²) >= 11 is 0.373. The van der Waals surface area contributed by atoms with Gasteiger partial charge in [-0.25, -0.2) is 4.98 Å². The molecule has 0 spiro atoms. The molecule has 1 amide bonds. The Morgan fingerprint density at radius 3 is 2.81 bits per heavy atom. The number of amides is 1. The first-order valence-corrected chi connectivity index (χ1v) is 7.07. The number of thiazole rings is 1. The average molecular weight is 317 g/mol. The lowest BCUT2D eigenvalue weighted by Gasteiger charge is -2.22. The Labute approximate surface area is 120 Å². The number of aromatic amines is 1. The van der Waals surface area contributed by atoms with Gasteiger partial charge in [0.05, 0.1) is 5.51 Å². The third kappa shape index (κ3) is 2.75. The summed E-state index contributed by atoms with van der Waals surface area (Å²) in [6, 6.07) is 0. The third-order valence-corrected chi connectivity index (χ3v) is 4.13. The van der Waals surface area contributed by atoms with Crippen LogP contribution in [-0.2, 0) is 6.18 Å². The minimum atomic E-state index is -4.61. The number of hydrogen-bond acceptors (Lipinski definition) is 5. The Morgan fingerprint density at radius 2 is 2.19 bits per heavy atom. The van der Waals surface area contributed by atoms with E-state index in [0.29, 0.717) is 17.2 Å². The molecular formula is C11H10F3N5OS. The molecule has 2 heterocycles. The number of nitrogens with zero attached hydrogens (tertiary/aromatic N) is 3. The van der Waals surface area contributed by atoms with Crippen molar-refractivity contribution in [3.8, 4) is 0 Å². The first-order chi connectivity index (χ1) is 9.95. The molecule has 1 saturated carbocycles. The Hall–Kier alpha value is -1.97. The number of halogens is 3. The van der Waals surface area contributed by atoms with E-state index in [9.17, 15) is 18.0 Å². The van der Waals surface area contributed by atoms with Gasteiger partial charge in [-0.1, -0.05) is 6.42 Å². The molecule has 1 aliphatic carbocycles. The van der Waals surface area contributed by atoms with E-state index < -0.39 is 22.7 Å². The van der Waals surface area contributed by atoms with E-state index in [1.807, 2.05) is 0 Å². The fourth-order valence-electron chi connectivity index (χ4n) is 1.96. The van der Waals surface area contributed by atoms with Gasteiger partial charge in [-0.05, 0) is 12.8 Å². The van der Waals surface area contributed by atoms with E-state index >= 15 is 0 Å². The van der Waals surface area contributed by atoms with Gasteiger partial charge in [-0.2, -0.15) is 18.2 Å². The van der Waals surface area contributed by atoms with Gasteiger partial charge >= 0.3 is 6.18 Å². The number of alkyl halides is 3. The van der Waals surface area contributed by atoms with Gasteiger partial charge in [-0.3, -0.25) is 15.2 Å². The Bertz CT molecular complexity index is 661. The predicted molar refractivity (Wildman–Crippen MR) is 68.0 cm³/mol. The molecule has 0 atom stereocenters. The number of aromatic nitrogens is 4. The minimum Gasteiger partial charge on any atom is -0.288 e. The van der Waals surface area contributed by atoms with Crippen molar-refractivity contribution < 1.29 is 18.0 Å². The SMILES string of the molecule is O=C(Nc1n[nH]c(C2CCC2)n1)c1ncsc1C(F)(F)F. The highest BCUT2D eigenvalue weighted by atomic mass is 32.1. The summed E-state index contributed by atoms with van der Waals surface area (Å²) in [7, 11) is 0. The van der Waals surface area contributed by atoms with Crippen molar-refractivity contribution in [2.75, 3.05) is 5.32 Å². The lowest BCUT2D eigenvalue weighted by molar-refractivity contribution is -0.134. The highest BCUT2D eigenvalue weighted by Crippen LogP contribution is 2.35. The van der Waals surface area contributed by atoms with Crippen molar-refractivity contribution >= 4 is 23.2 Å².